The number of carbonyl (C=O) groups is 1. The summed E-state index contributed by atoms with van der Waals surface area (Å²) in [5.74, 6) is -0.364. The fourth-order valence-corrected chi connectivity index (χ4v) is 5.57. The van der Waals surface area contributed by atoms with Crippen molar-refractivity contribution in [2.45, 2.75) is 78.3 Å². The van der Waals surface area contributed by atoms with Gasteiger partial charge in [0.15, 0.2) is 11.5 Å². The molecule has 3 heterocycles. The molecule has 2 aliphatic heterocycles. The van der Waals surface area contributed by atoms with Crippen molar-refractivity contribution < 1.29 is 18.8 Å². The zero-order valence-corrected chi connectivity index (χ0v) is 23.0. The molecule has 0 saturated heterocycles. The van der Waals surface area contributed by atoms with Gasteiger partial charge in [0.05, 0.1) is 12.2 Å². The van der Waals surface area contributed by atoms with E-state index in [0.29, 0.717) is 17.9 Å². The maximum atomic E-state index is 12.7. The minimum atomic E-state index is -1.04. The third-order valence-electron chi connectivity index (χ3n) is 7.46. The summed E-state index contributed by atoms with van der Waals surface area (Å²) < 4.78 is 19.1. The smallest absolute Gasteiger partial charge is 0.210 e. The van der Waals surface area contributed by atoms with Crippen molar-refractivity contribution in [3.63, 3.8) is 0 Å². The average Bonchev–Trinajstić information content (AvgIpc) is 3.35. The Kier molecular flexibility index (Phi) is 7.51. The molecule has 3 aliphatic rings. The van der Waals surface area contributed by atoms with E-state index in [1.165, 1.54) is 16.7 Å². The van der Waals surface area contributed by atoms with Gasteiger partial charge in [-0.2, -0.15) is 0 Å². The minimum Gasteiger partial charge on any atom is -0.356 e. The van der Waals surface area contributed by atoms with Crippen LogP contribution in [0.3, 0.4) is 0 Å². The molecule has 1 aromatic carbocycles. The predicted octanol–water partition coefficient (Wildman–Crippen LogP) is 7.78. The van der Waals surface area contributed by atoms with Crippen LogP contribution in [0, 0.1) is 5.92 Å². The molecule has 1 spiro atoms. The zero-order valence-electron chi connectivity index (χ0n) is 23.0. The number of Topliss-reactive ketones (excluding diaryl/α,β-unsaturated/α-hetero) is 1. The Morgan fingerprint density at radius 1 is 1.08 bits per heavy atom. The molecule has 0 unspecified atom stereocenters. The summed E-state index contributed by atoms with van der Waals surface area (Å²) in [4.78, 5) is 12.7. The van der Waals surface area contributed by atoms with Crippen molar-refractivity contribution in [1.82, 2.24) is 5.16 Å². The van der Waals surface area contributed by atoms with Gasteiger partial charge in [-0.25, -0.2) is 0 Å². The number of hydrogen-bond acceptors (Lipinski definition) is 5. The van der Waals surface area contributed by atoms with Crippen LogP contribution in [0.25, 0.3) is 16.9 Å². The molecular formula is C33H37NO4. The first kappa shape index (κ1) is 26.3. The molecule has 0 radical (unpaired) electrons. The number of nitrogens with zero attached hydrogens (tertiary/aromatic N) is 1. The summed E-state index contributed by atoms with van der Waals surface area (Å²) in [7, 11) is 0. The van der Waals surface area contributed by atoms with Crippen molar-refractivity contribution in [3.05, 3.63) is 94.8 Å². The molecule has 0 N–H and O–H groups in total. The fraction of sp³-hybridized carbons (Fsp3) is 0.394. The molecule has 0 saturated carbocycles. The average molecular weight is 512 g/mol. The highest BCUT2D eigenvalue weighted by Gasteiger charge is 2.46. The molecule has 1 aromatic heterocycles. The number of ketones is 1. The monoisotopic (exact) mass is 511 g/mol. The third kappa shape index (κ3) is 5.74. The Morgan fingerprint density at radius 2 is 1.87 bits per heavy atom. The summed E-state index contributed by atoms with van der Waals surface area (Å²) in [6.45, 7) is 10.4. The van der Waals surface area contributed by atoms with E-state index in [2.05, 4.69) is 51.1 Å². The standard InChI is InChI=1S/C33H37NO4/c1-21(2)10-9-11-22(3)14-26-15-23(4)19-33(36-26)20-28(27-17-30(35)24(5)16-32(27)37-33)29-18-31(38-34-29)25-12-7-6-8-13-25/h6-8,10,12-14,16,18-20,26-27,32H,9,11,15,17H2,1-5H3/b22-14+/t26-,27-,32-,33+/m1/s1. The van der Waals surface area contributed by atoms with Gasteiger partial charge in [0.1, 0.15) is 5.69 Å². The van der Waals surface area contributed by atoms with Crippen molar-refractivity contribution in [1.29, 1.82) is 0 Å². The summed E-state index contributed by atoms with van der Waals surface area (Å²) in [5.41, 5.74) is 7.19. The first-order valence-corrected chi connectivity index (χ1v) is 13.5. The number of benzene rings is 1. The molecule has 198 valence electrons. The van der Waals surface area contributed by atoms with E-state index in [9.17, 15) is 4.79 Å². The first-order valence-electron chi connectivity index (χ1n) is 13.5. The van der Waals surface area contributed by atoms with Crippen molar-refractivity contribution >= 4 is 11.4 Å². The Bertz CT molecular complexity index is 1350. The SMILES string of the molecule is CC(C)=CCC/C(C)=C/[C@@H]1CC(C)=C[C@]2(C=C(c3cc(-c4ccccc4)on3)[C@H]3CC(=O)C(C)=C[C@H]3O2)O1. The number of hydrogen-bond donors (Lipinski definition) is 0. The third-order valence-corrected chi connectivity index (χ3v) is 7.46. The first-order chi connectivity index (χ1) is 18.2. The van der Waals surface area contributed by atoms with Gasteiger partial charge in [-0.1, -0.05) is 64.4 Å². The summed E-state index contributed by atoms with van der Waals surface area (Å²) in [5, 5.41) is 4.44. The van der Waals surface area contributed by atoms with Gasteiger partial charge in [-0.15, -0.1) is 0 Å². The van der Waals surface area contributed by atoms with Gasteiger partial charge >= 0.3 is 0 Å². The van der Waals surface area contributed by atoms with Gasteiger partial charge < -0.3 is 14.0 Å². The molecule has 0 amide bonds. The van der Waals surface area contributed by atoms with Gasteiger partial charge in [-0.3, -0.25) is 4.79 Å². The lowest BCUT2D eigenvalue weighted by molar-refractivity contribution is -0.220. The molecule has 38 heavy (non-hydrogen) atoms. The summed E-state index contributed by atoms with van der Waals surface area (Å²) in [6, 6.07) is 11.9. The maximum Gasteiger partial charge on any atom is 0.210 e. The zero-order chi connectivity index (χ0) is 26.9. The fourth-order valence-electron chi connectivity index (χ4n) is 5.57. The number of rotatable bonds is 6. The van der Waals surface area contributed by atoms with Gasteiger partial charge in [0.25, 0.3) is 0 Å². The molecule has 5 rings (SSSR count). The second-order valence-corrected chi connectivity index (χ2v) is 11.1. The normalized spacial score (nSPS) is 27.4. The van der Waals surface area contributed by atoms with E-state index < -0.39 is 5.79 Å². The summed E-state index contributed by atoms with van der Waals surface area (Å²) in [6.07, 6.45) is 13.3. The molecule has 1 aliphatic carbocycles. The lowest BCUT2D eigenvalue weighted by Gasteiger charge is -2.45. The lowest BCUT2D eigenvalue weighted by atomic mass is 9.77. The van der Waals surface area contributed by atoms with E-state index in [1.807, 2.05) is 55.5 Å². The minimum absolute atomic E-state index is 0.103. The Morgan fingerprint density at radius 3 is 2.63 bits per heavy atom. The lowest BCUT2D eigenvalue weighted by Crippen LogP contribution is -2.48. The van der Waals surface area contributed by atoms with E-state index in [0.717, 1.165) is 36.0 Å². The largest absolute Gasteiger partial charge is 0.356 e. The molecule has 5 heteroatoms. The topological polar surface area (TPSA) is 61.6 Å². The second kappa shape index (κ2) is 10.8. The molecular weight excluding hydrogens is 474 g/mol. The molecule has 0 fully saturated rings. The molecule has 4 atom stereocenters. The Hall–Kier alpha value is -3.28. The molecule has 2 aromatic rings. The van der Waals surface area contributed by atoms with Gasteiger partial charge in [0, 0.05) is 24.0 Å². The van der Waals surface area contributed by atoms with Crippen LogP contribution in [-0.4, -0.2) is 28.9 Å². The van der Waals surface area contributed by atoms with Crippen LogP contribution < -0.4 is 0 Å². The number of fused-ring (bicyclic) bond motifs is 1. The Balaban J connectivity index is 1.50. The number of allylic oxidation sites excluding steroid dienone is 4. The van der Waals surface area contributed by atoms with Crippen LogP contribution in [-0.2, 0) is 14.3 Å². The predicted molar refractivity (Wildman–Crippen MR) is 150 cm³/mol. The van der Waals surface area contributed by atoms with Crippen LogP contribution in [0.5, 0.6) is 0 Å². The quantitative estimate of drug-likeness (QED) is 0.371. The molecule has 0 bridgehead atoms. The highest BCUT2D eigenvalue weighted by molar-refractivity contribution is 5.97. The molecule has 5 nitrogen and oxygen atoms in total. The van der Waals surface area contributed by atoms with E-state index in [1.54, 1.807) is 0 Å². The maximum absolute atomic E-state index is 12.7. The Labute approximate surface area is 225 Å². The number of aromatic nitrogens is 1. The summed E-state index contributed by atoms with van der Waals surface area (Å²) >= 11 is 0. The van der Waals surface area contributed by atoms with Gasteiger partial charge in [0.2, 0.25) is 5.79 Å². The van der Waals surface area contributed by atoms with E-state index in [4.69, 9.17) is 14.0 Å². The highest BCUT2D eigenvalue weighted by atomic mass is 16.7. The van der Waals surface area contributed by atoms with Crippen LogP contribution in [0.15, 0.2) is 93.6 Å². The van der Waals surface area contributed by atoms with Crippen LogP contribution in [0.2, 0.25) is 0 Å². The van der Waals surface area contributed by atoms with Gasteiger partial charge in [-0.05, 0) is 83.3 Å². The van der Waals surface area contributed by atoms with Crippen LogP contribution >= 0.6 is 0 Å². The van der Waals surface area contributed by atoms with Crippen molar-refractivity contribution in [2.75, 3.05) is 0 Å². The van der Waals surface area contributed by atoms with Crippen LogP contribution in [0.4, 0.5) is 0 Å². The van der Waals surface area contributed by atoms with Crippen molar-refractivity contribution in [2.24, 2.45) is 5.92 Å². The number of carbonyl (C=O) groups excluding carboxylic acids is 1. The highest BCUT2D eigenvalue weighted by Crippen LogP contribution is 2.46. The second-order valence-electron chi connectivity index (χ2n) is 11.1. The van der Waals surface area contributed by atoms with E-state index in [-0.39, 0.29) is 23.9 Å². The number of ether oxygens (including phenoxy) is 2. The van der Waals surface area contributed by atoms with Crippen LogP contribution in [0.1, 0.15) is 66.0 Å². The van der Waals surface area contributed by atoms with Crippen molar-refractivity contribution in [3.8, 4) is 11.3 Å². The van der Waals surface area contributed by atoms with E-state index >= 15 is 0 Å².